The number of nitrogens with two attached hydrogens (primary N) is 1. The Balaban J connectivity index is 2.14. The molecule has 0 saturated heterocycles. The first-order valence-corrected chi connectivity index (χ1v) is 6.34. The molecule has 3 N–H and O–H groups in total. The molecule has 0 atom stereocenters. The molecule has 1 aromatic carbocycles. The molecule has 0 saturated carbocycles. The lowest BCUT2D eigenvalue weighted by Gasteiger charge is -2.04. The second kappa shape index (κ2) is 6.24. The van der Waals surface area contributed by atoms with Crippen molar-refractivity contribution in [2.45, 2.75) is 19.4 Å². The monoisotopic (exact) mass is 261 g/mol. The Bertz CT molecular complexity index is 586. The maximum absolute atomic E-state index is 12.1. The summed E-state index contributed by atoms with van der Waals surface area (Å²) in [4.78, 5) is 12.1. The van der Waals surface area contributed by atoms with E-state index in [1.165, 1.54) is 0 Å². The number of nitrogens with one attached hydrogen (secondary N) is 1. The summed E-state index contributed by atoms with van der Waals surface area (Å²) in [5, 5.41) is 2.99. The van der Waals surface area contributed by atoms with Crippen LogP contribution in [0.3, 0.4) is 0 Å². The number of methoxy groups -OCH3 is 1. The molecule has 19 heavy (non-hydrogen) atoms. The lowest BCUT2D eigenvalue weighted by atomic mass is 10.2. The number of hydrogen-bond acceptors (Lipinski definition) is 3. The van der Waals surface area contributed by atoms with Gasteiger partial charge in [0.25, 0.3) is 5.56 Å². The first kappa shape index (κ1) is 13.4. The third kappa shape index (κ3) is 3.26. The van der Waals surface area contributed by atoms with E-state index in [-0.39, 0.29) is 5.56 Å². The van der Waals surface area contributed by atoms with E-state index in [0.717, 1.165) is 29.7 Å². The summed E-state index contributed by atoms with van der Waals surface area (Å²) in [6.45, 7) is 1.11. The number of ether oxygens (including phenoxy) is 1. The molecule has 0 fully saturated rings. The molecule has 2 rings (SSSR count). The molecule has 0 bridgehead atoms. The number of rotatable bonds is 6. The fraction of sp³-hybridized carbons (Fsp3) is 0.357. The first-order chi connectivity index (χ1) is 9.24. The highest BCUT2D eigenvalue weighted by Gasteiger charge is 2.06. The standard InChI is InChI=1S/C14H19N3O2/c1-19-13-6-2-4-11(8-13)10-17-14(18)12(9-16-17)5-3-7-15/h2,4,6,8-9,16H,3,5,7,10,15H2,1H3. The Hall–Kier alpha value is -2.01. The van der Waals surface area contributed by atoms with Crippen molar-refractivity contribution in [3.63, 3.8) is 0 Å². The molecule has 0 spiro atoms. The summed E-state index contributed by atoms with van der Waals surface area (Å²) in [5.41, 5.74) is 7.29. The SMILES string of the molecule is COc1cccc(Cn2[nH]cc(CCCN)c2=O)c1. The van der Waals surface area contributed by atoms with Crippen molar-refractivity contribution < 1.29 is 4.74 Å². The van der Waals surface area contributed by atoms with E-state index < -0.39 is 0 Å². The van der Waals surface area contributed by atoms with Crippen molar-refractivity contribution in [1.29, 1.82) is 0 Å². The minimum Gasteiger partial charge on any atom is -0.497 e. The van der Waals surface area contributed by atoms with Crippen LogP contribution >= 0.6 is 0 Å². The zero-order chi connectivity index (χ0) is 13.7. The van der Waals surface area contributed by atoms with Crippen LogP contribution in [0.5, 0.6) is 5.75 Å². The van der Waals surface area contributed by atoms with Crippen LogP contribution in [0.15, 0.2) is 35.3 Å². The first-order valence-electron chi connectivity index (χ1n) is 6.34. The van der Waals surface area contributed by atoms with Crippen LogP contribution in [-0.2, 0) is 13.0 Å². The maximum Gasteiger partial charge on any atom is 0.269 e. The lowest BCUT2D eigenvalue weighted by Crippen LogP contribution is -2.20. The molecular formula is C14H19N3O2. The van der Waals surface area contributed by atoms with Crippen LogP contribution in [0.2, 0.25) is 0 Å². The Morgan fingerprint density at radius 2 is 2.26 bits per heavy atom. The average Bonchev–Trinajstić information content (AvgIpc) is 2.78. The second-order valence-corrected chi connectivity index (χ2v) is 4.43. The molecule has 5 nitrogen and oxygen atoms in total. The van der Waals surface area contributed by atoms with Gasteiger partial charge in [-0.05, 0) is 37.1 Å². The summed E-state index contributed by atoms with van der Waals surface area (Å²) < 4.78 is 6.77. The molecule has 0 aliphatic rings. The molecule has 5 heteroatoms. The predicted octanol–water partition coefficient (Wildman–Crippen LogP) is 1.12. The van der Waals surface area contributed by atoms with Crippen LogP contribution in [0, 0.1) is 0 Å². The fourth-order valence-electron chi connectivity index (χ4n) is 1.99. The largest absolute Gasteiger partial charge is 0.497 e. The zero-order valence-electron chi connectivity index (χ0n) is 11.1. The topological polar surface area (TPSA) is 73.0 Å². The molecule has 1 aromatic heterocycles. The van der Waals surface area contributed by atoms with Gasteiger partial charge in [0.15, 0.2) is 0 Å². The number of aromatic nitrogens is 2. The average molecular weight is 261 g/mol. The van der Waals surface area contributed by atoms with Gasteiger partial charge in [0.2, 0.25) is 0 Å². The Morgan fingerprint density at radius 1 is 1.42 bits per heavy atom. The van der Waals surface area contributed by atoms with Gasteiger partial charge < -0.3 is 15.6 Å². The summed E-state index contributed by atoms with van der Waals surface area (Å²) in [6, 6.07) is 7.69. The highest BCUT2D eigenvalue weighted by molar-refractivity contribution is 5.28. The third-order valence-electron chi connectivity index (χ3n) is 3.04. The van der Waals surface area contributed by atoms with Crippen LogP contribution in [0.4, 0.5) is 0 Å². The van der Waals surface area contributed by atoms with Crippen LogP contribution in [0.25, 0.3) is 0 Å². The van der Waals surface area contributed by atoms with Gasteiger partial charge in [-0.3, -0.25) is 4.79 Å². The second-order valence-electron chi connectivity index (χ2n) is 4.43. The Morgan fingerprint density at radius 3 is 3.00 bits per heavy atom. The van der Waals surface area contributed by atoms with Crippen molar-refractivity contribution in [1.82, 2.24) is 9.78 Å². The molecule has 0 unspecified atom stereocenters. The maximum atomic E-state index is 12.1. The molecular weight excluding hydrogens is 242 g/mol. The molecule has 0 amide bonds. The molecule has 1 heterocycles. The van der Waals surface area contributed by atoms with Gasteiger partial charge >= 0.3 is 0 Å². The minimum absolute atomic E-state index is 0.0243. The third-order valence-corrected chi connectivity index (χ3v) is 3.04. The van der Waals surface area contributed by atoms with Gasteiger partial charge in [0.1, 0.15) is 5.75 Å². The highest BCUT2D eigenvalue weighted by atomic mass is 16.5. The van der Waals surface area contributed by atoms with Crippen LogP contribution < -0.4 is 16.0 Å². The van der Waals surface area contributed by atoms with Gasteiger partial charge in [-0.25, -0.2) is 4.68 Å². The van der Waals surface area contributed by atoms with Crippen LogP contribution in [0.1, 0.15) is 17.5 Å². The van der Waals surface area contributed by atoms with E-state index in [2.05, 4.69) is 5.10 Å². The molecule has 0 aliphatic carbocycles. The van der Waals surface area contributed by atoms with Crippen molar-refractivity contribution in [2.24, 2.45) is 5.73 Å². The number of aromatic amines is 1. The molecule has 2 aromatic rings. The van der Waals surface area contributed by atoms with Gasteiger partial charge in [-0.1, -0.05) is 12.1 Å². The minimum atomic E-state index is 0.0243. The Kier molecular flexibility index (Phi) is 4.41. The summed E-state index contributed by atoms with van der Waals surface area (Å²) in [6.07, 6.45) is 3.31. The fourth-order valence-corrected chi connectivity index (χ4v) is 1.99. The van der Waals surface area contributed by atoms with E-state index in [0.29, 0.717) is 13.1 Å². The van der Waals surface area contributed by atoms with E-state index in [1.807, 2.05) is 24.3 Å². The normalized spacial score (nSPS) is 10.6. The van der Waals surface area contributed by atoms with E-state index in [1.54, 1.807) is 18.0 Å². The van der Waals surface area contributed by atoms with E-state index in [9.17, 15) is 4.79 Å². The lowest BCUT2D eigenvalue weighted by molar-refractivity contribution is 0.414. The van der Waals surface area contributed by atoms with E-state index in [4.69, 9.17) is 10.5 Å². The summed E-state index contributed by atoms with van der Waals surface area (Å²) in [5.74, 6) is 0.792. The van der Waals surface area contributed by atoms with Gasteiger partial charge in [0.05, 0.1) is 13.7 Å². The number of H-pyrrole nitrogens is 1. The molecule has 102 valence electrons. The van der Waals surface area contributed by atoms with Crippen molar-refractivity contribution in [2.75, 3.05) is 13.7 Å². The zero-order valence-corrected chi connectivity index (χ0v) is 11.1. The predicted molar refractivity (Wildman–Crippen MR) is 74.5 cm³/mol. The van der Waals surface area contributed by atoms with Crippen molar-refractivity contribution in [3.05, 3.63) is 51.9 Å². The van der Waals surface area contributed by atoms with Crippen molar-refractivity contribution in [3.8, 4) is 5.75 Å². The summed E-state index contributed by atoms with van der Waals surface area (Å²) in [7, 11) is 1.63. The summed E-state index contributed by atoms with van der Waals surface area (Å²) >= 11 is 0. The van der Waals surface area contributed by atoms with Crippen LogP contribution in [-0.4, -0.2) is 23.4 Å². The van der Waals surface area contributed by atoms with Gasteiger partial charge in [-0.2, -0.15) is 0 Å². The quantitative estimate of drug-likeness (QED) is 0.818. The number of aryl methyl sites for hydroxylation is 1. The van der Waals surface area contributed by atoms with E-state index >= 15 is 0 Å². The molecule has 0 radical (unpaired) electrons. The number of benzene rings is 1. The van der Waals surface area contributed by atoms with Gasteiger partial charge in [-0.15, -0.1) is 0 Å². The van der Waals surface area contributed by atoms with Gasteiger partial charge in [0, 0.05) is 11.8 Å². The number of hydrogen-bond donors (Lipinski definition) is 2. The Labute approximate surface area is 112 Å². The number of nitrogens with zero attached hydrogens (tertiary/aromatic N) is 1. The molecule has 0 aliphatic heterocycles. The smallest absolute Gasteiger partial charge is 0.269 e. The van der Waals surface area contributed by atoms with Crippen molar-refractivity contribution >= 4 is 0 Å². The highest BCUT2D eigenvalue weighted by Crippen LogP contribution is 2.12.